The second kappa shape index (κ2) is 6.91. The van der Waals surface area contributed by atoms with Crippen molar-refractivity contribution in [2.45, 2.75) is 19.3 Å². The Morgan fingerprint density at radius 3 is 2.44 bits per heavy atom. The Bertz CT molecular complexity index is 998. The molecule has 144 valence electrons. The van der Waals surface area contributed by atoms with E-state index in [4.69, 9.17) is 0 Å². The van der Waals surface area contributed by atoms with Crippen LogP contribution in [0, 0.1) is 0 Å². The normalized spacial score (nSPS) is 22.3. The molecular weight excluding hydrogens is 384 g/mol. The number of sulfone groups is 1. The third-order valence-electron chi connectivity index (χ3n) is 5.50. The van der Waals surface area contributed by atoms with Crippen molar-refractivity contribution in [3.63, 3.8) is 0 Å². The molecule has 4 rings (SSSR count). The summed E-state index contributed by atoms with van der Waals surface area (Å²) < 4.78 is 24.5. The first-order chi connectivity index (χ1) is 12.9. The number of hydrogen-bond donors (Lipinski definition) is 0. The molecule has 0 spiro atoms. The molecule has 8 heteroatoms. The van der Waals surface area contributed by atoms with Crippen molar-refractivity contribution >= 4 is 43.1 Å². The third-order valence-corrected chi connectivity index (χ3v) is 8.29. The van der Waals surface area contributed by atoms with E-state index < -0.39 is 9.84 Å². The highest BCUT2D eigenvalue weighted by Crippen LogP contribution is 2.40. The molecule has 2 aliphatic rings. The summed E-state index contributed by atoms with van der Waals surface area (Å²) in [5.41, 5.74) is 1.03. The summed E-state index contributed by atoms with van der Waals surface area (Å²) in [7, 11) is -3.03. The van der Waals surface area contributed by atoms with Gasteiger partial charge in [-0.25, -0.2) is 8.42 Å². The molecule has 0 radical (unpaired) electrons. The zero-order chi connectivity index (χ0) is 19.2. The number of fused-ring (bicyclic) bond motifs is 1. The van der Waals surface area contributed by atoms with Crippen LogP contribution in [0.1, 0.15) is 34.5 Å². The van der Waals surface area contributed by atoms with E-state index in [1.54, 1.807) is 11.8 Å². The van der Waals surface area contributed by atoms with Crippen molar-refractivity contribution in [1.82, 2.24) is 9.80 Å². The van der Waals surface area contributed by atoms with Crippen LogP contribution in [0.15, 0.2) is 24.3 Å². The molecule has 1 aromatic carbocycles. The molecule has 1 atom stereocenters. The van der Waals surface area contributed by atoms with Crippen molar-refractivity contribution in [2.24, 2.45) is 0 Å². The fraction of sp³-hybridized carbons (Fsp3) is 0.474. The van der Waals surface area contributed by atoms with E-state index in [0.717, 1.165) is 22.1 Å². The van der Waals surface area contributed by atoms with Crippen molar-refractivity contribution in [3.05, 3.63) is 34.7 Å². The smallest absolute Gasteiger partial charge is 0.264 e. The van der Waals surface area contributed by atoms with Gasteiger partial charge in [0.05, 0.1) is 16.4 Å². The molecule has 0 N–H and O–H groups in total. The Kier molecular flexibility index (Phi) is 4.71. The highest BCUT2D eigenvalue weighted by molar-refractivity contribution is 7.91. The van der Waals surface area contributed by atoms with Gasteiger partial charge < -0.3 is 9.80 Å². The second-order valence-corrected chi connectivity index (χ2v) is 10.6. The molecule has 2 fully saturated rings. The first-order valence-electron chi connectivity index (χ1n) is 9.12. The quantitative estimate of drug-likeness (QED) is 0.766. The number of thiophene rings is 1. The van der Waals surface area contributed by atoms with Gasteiger partial charge in [0.2, 0.25) is 5.91 Å². The van der Waals surface area contributed by atoms with E-state index >= 15 is 0 Å². The number of likely N-dealkylation sites (tertiary alicyclic amines) is 1. The average Bonchev–Trinajstić information content (AvgIpc) is 3.25. The summed E-state index contributed by atoms with van der Waals surface area (Å²) in [6.07, 6.45) is 0.842. The topological polar surface area (TPSA) is 74.8 Å². The van der Waals surface area contributed by atoms with Crippen LogP contribution in [0.4, 0.5) is 0 Å². The number of rotatable bonds is 2. The van der Waals surface area contributed by atoms with Gasteiger partial charge in [0.25, 0.3) is 5.91 Å². The molecule has 2 aliphatic heterocycles. The molecule has 2 aromatic rings. The van der Waals surface area contributed by atoms with Gasteiger partial charge in [-0.2, -0.15) is 0 Å². The van der Waals surface area contributed by atoms with Gasteiger partial charge in [-0.05, 0) is 23.4 Å². The van der Waals surface area contributed by atoms with Crippen molar-refractivity contribution in [1.29, 1.82) is 0 Å². The van der Waals surface area contributed by atoms with E-state index in [1.165, 1.54) is 11.3 Å². The Balaban J connectivity index is 1.70. The predicted molar refractivity (Wildman–Crippen MR) is 106 cm³/mol. The summed E-state index contributed by atoms with van der Waals surface area (Å²) in [5.74, 6) is 0.173. The lowest BCUT2D eigenvalue weighted by Crippen LogP contribution is -2.43. The van der Waals surface area contributed by atoms with Crippen LogP contribution in [0.3, 0.4) is 0 Å². The van der Waals surface area contributed by atoms with E-state index in [2.05, 4.69) is 0 Å². The summed E-state index contributed by atoms with van der Waals surface area (Å²) in [6.45, 7) is 3.41. The highest BCUT2D eigenvalue weighted by atomic mass is 32.2. The molecule has 3 heterocycles. The minimum atomic E-state index is -3.03. The first kappa shape index (κ1) is 18.4. The Morgan fingerprint density at radius 1 is 1.07 bits per heavy atom. The molecule has 27 heavy (non-hydrogen) atoms. The van der Waals surface area contributed by atoms with Gasteiger partial charge in [0.1, 0.15) is 0 Å². The monoisotopic (exact) mass is 406 g/mol. The van der Waals surface area contributed by atoms with Gasteiger partial charge in [-0.1, -0.05) is 18.2 Å². The molecule has 2 saturated heterocycles. The lowest BCUT2D eigenvalue weighted by atomic mass is 9.94. The van der Waals surface area contributed by atoms with Crippen LogP contribution in [0.2, 0.25) is 0 Å². The van der Waals surface area contributed by atoms with Crippen LogP contribution < -0.4 is 0 Å². The number of carbonyl (C=O) groups is 2. The molecule has 6 nitrogen and oxygen atoms in total. The van der Waals surface area contributed by atoms with Gasteiger partial charge in [-0.15, -0.1) is 11.3 Å². The number of hydrogen-bond acceptors (Lipinski definition) is 5. The number of carbonyl (C=O) groups excluding carboxylic acids is 2. The van der Waals surface area contributed by atoms with E-state index in [-0.39, 0.29) is 42.3 Å². The summed E-state index contributed by atoms with van der Waals surface area (Å²) >= 11 is 1.48. The average molecular weight is 407 g/mol. The lowest BCUT2D eigenvalue weighted by Gasteiger charge is -2.27. The van der Waals surface area contributed by atoms with Crippen LogP contribution in [0.5, 0.6) is 0 Å². The Hall–Kier alpha value is -1.93. The molecule has 0 saturated carbocycles. The van der Waals surface area contributed by atoms with Gasteiger partial charge in [-0.3, -0.25) is 9.59 Å². The second-order valence-electron chi connectivity index (χ2n) is 7.24. The molecular formula is C19H22N2O4S2. The third kappa shape index (κ3) is 3.48. The molecule has 0 bridgehead atoms. The van der Waals surface area contributed by atoms with Gasteiger partial charge in [0, 0.05) is 43.7 Å². The summed E-state index contributed by atoms with van der Waals surface area (Å²) in [6, 6.07) is 7.98. The first-order valence-corrected chi connectivity index (χ1v) is 11.8. The zero-order valence-corrected chi connectivity index (χ0v) is 16.8. The standard InChI is InChI=1S/C19H22N2O4S2/c1-13(22)21-7-6-14(12-21)17-15-4-2-3-5-16(15)26-18(17)19(23)20-8-10-27(24,25)11-9-20/h2-5,14H,6-12H2,1H3/t14-/m1/s1. The van der Waals surface area contributed by atoms with Crippen molar-refractivity contribution in [3.8, 4) is 0 Å². The van der Waals surface area contributed by atoms with E-state index in [1.807, 2.05) is 29.2 Å². The van der Waals surface area contributed by atoms with Crippen LogP contribution >= 0.6 is 11.3 Å². The minimum absolute atomic E-state index is 0.0283. The zero-order valence-electron chi connectivity index (χ0n) is 15.2. The Labute approximate surface area is 162 Å². The van der Waals surface area contributed by atoms with E-state index in [9.17, 15) is 18.0 Å². The van der Waals surface area contributed by atoms with E-state index in [0.29, 0.717) is 18.0 Å². The van der Waals surface area contributed by atoms with Gasteiger partial charge >= 0.3 is 0 Å². The number of nitrogens with zero attached hydrogens (tertiary/aromatic N) is 2. The van der Waals surface area contributed by atoms with Crippen LogP contribution in [-0.4, -0.2) is 67.7 Å². The Morgan fingerprint density at radius 2 is 1.78 bits per heavy atom. The number of amides is 2. The predicted octanol–water partition coefficient (Wildman–Crippen LogP) is 2.11. The molecule has 2 amide bonds. The summed E-state index contributed by atoms with van der Waals surface area (Å²) in [5, 5.41) is 1.07. The van der Waals surface area contributed by atoms with Crippen LogP contribution in [-0.2, 0) is 14.6 Å². The lowest BCUT2D eigenvalue weighted by molar-refractivity contribution is -0.127. The van der Waals surface area contributed by atoms with Gasteiger partial charge in [0.15, 0.2) is 9.84 Å². The van der Waals surface area contributed by atoms with Crippen LogP contribution in [0.25, 0.3) is 10.1 Å². The van der Waals surface area contributed by atoms with Crippen molar-refractivity contribution in [2.75, 3.05) is 37.7 Å². The maximum atomic E-state index is 13.2. The SMILES string of the molecule is CC(=O)N1CC[C@@H](c2c(C(=O)N3CCS(=O)(=O)CC3)sc3ccccc23)C1. The highest BCUT2D eigenvalue weighted by Gasteiger charge is 2.34. The molecule has 1 aromatic heterocycles. The fourth-order valence-corrected chi connectivity index (χ4v) is 6.43. The summed E-state index contributed by atoms with van der Waals surface area (Å²) in [4.78, 5) is 29.2. The molecule has 0 aliphatic carbocycles. The maximum absolute atomic E-state index is 13.2. The van der Waals surface area contributed by atoms with Crippen molar-refractivity contribution < 1.29 is 18.0 Å². The number of benzene rings is 1. The molecule has 0 unspecified atom stereocenters. The maximum Gasteiger partial charge on any atom is 0.264 e. The fourth-order valence-electron chi connectivity index (χ4n) is 3.97. The largest absolute Gasteiger partial charge is 0.342 e. The minimum Gasteiger partial charge on any atom is -0.342 e.